The summed E-state index contributed by atoms with van der Waals surface area (Å²) in [6, 6.07) is 8.73. The van der Waals surface area contributed by atoms with Crippen molar-refractivity contribution in [3.8, 4) is 11.5 Å². The Labute approximate surface area is 130 Å². The van der Waals surface area contributed by atoms with Crippen molar-refractivity contribution >= 4 is 17.3 Å². The van der Waals surface area contributed by atoms with Crippen molar-refractivity contribution in [3.63, 3.8) is 0 Å². The zero-order chi connectivity index (χ0) is 16.0. The number of aromatic nitrogens is 3. The lowest BCUT2D eigenvalue weighted by Gasteiger charge is -2.16. The molecule has 1 aromatic carbocycles. The fourth-order valence-corrected chi connectivity index (χ4v) is 2.58. The standard InChI is InChI=1S/C15H12N4O4/c1-22-10-3-2-9-7-18(23-13(9)6-10)14-11-4-5-12(15(20)21)19(11)17-8-16-14/h2-6,8H,7H2,1H3,(H,20,21). The SMILES string of the molecule is COc1ccc2c(c1)ON(c1ncnn3c(C(=O)O)ccc13)C2. The van der Waals surface area contributed by atoms with Gasteiger partial charge in [-0.3, -0.25) is 0 Å². The highest BCUT2D eigenvalue weighted by molar-refractivity contribution is 5.88. The first-order valence-corrected chi connectivity index (χ1v) is 6.86. The van der Waals surface area contributed by atoms with Crippen molar-refractivity contribution in [2.24, 2.45) is 0 Å². The number of carboxylic acids is 1. The number of carboxylic acid groups (broad SMARTS) is 1. The largest absolute Gasteiger partial charge is 0.497 e. The molecule has 23 heavy (non-hydrogen) atoms. The summed E-state index contributed by atoms with van der Waals surface area (Å²) >= 11 is 0. The summed E-state index contributed by atoms with van der Waals surface area (Å²) in [7, 11) is 1.59. The molecule has 0 saturated heterocycles. The highest BCUT2D eigenvalue weighted by Gasteiger charge is 2.26. The maximum absolute atomic E-state index is 11.2. The van der Waals surface area contributed by atoms with E-state index >= 15 is 0 Å². The van der Waals surface area contributed by atoms with Gasteiger partial charge in [-0.05, 0) is 24.3 Å². The van der Waals surface area contributed by atoms with Crippen LogP contribution in [-0.4, -0.2) is 32.8 Å². The number of hydrogen-bond acceptors (Lipinski definition) is 6. The lowest BCUT2D eigenvalue weighted by atomic mass is 10.2. The van der Waals surface area contributed by atoms with E-state index < -0.39 is 5.97 Å². The van der Waals surface area contributed by atoms with E-state index in [1.807, 2.05) is 12.1 Å². The number of hydrogen-bond donors (Lipinski definition) is 1. The second-order valence-electron chi connectivity index (χ2n) is 5.01. The third-order valence-corrected chi connectivity index (χ3v) is 3.68. The van der Waals surface area contributed by atoms with Gasteiger partial charge in [0.25, 0.3) is 0 Å². The summed E-state index contributed by atoms with van der Waals surface area (Å²) < 4.78 is 6.52. The Morgan fingerprint density at radius 1 is 1.35 bits per heavy atom. The molecule has 8 heteroatoms. The number of ether oxygens (including phenoxy) is 1. The van der Waals surface area contributed by atoms with Gasteiger partial charge in [-0.2, -0.15) is 10.2 Å². The first-order chi connectivity index (χ1) is 11.2. The van der Waals surface area contributed by atoms with Crippen LogP contribution in [0.5, 0.6) is 11.5 Å². The number of methoxy groups -OCH3 is 1. The minimum absolute atomic E-state index is 0.0713. The number of rotatable bonds is 3. The van der Waals surface area contributed by atoms with Crippen LogP contribution >= 0.6 is 0 Å². The van der Waals surface area contributed by atoms with Crippen LogP contribution in [0.3, 0.4) is 0 Å². The Kier molecular flexibility index (Phi) is 2.83. The van der Waals surface area contributed by atoms with Crippen molar-refractivity contribution < 1.29 is 19.5 Å². The van der Waals surface area contributed by atoms with Gasteiger partial charge in [0.15, 0.2) is 17.3 Å². The van der Waals surface area contributed by atoms with Crippen LogP contribution in [0, 0.1) is 0 Å². The average Bonchev–Trinajstić information content (AvgIpc) is 3.17. The summed E-state index contributed by atoms with van der Waals surface area (Å²) in [6.07, 6.45) is 1.31. The van der Waals surface area contributed by atoms with Gasteiger partial charge in [-0.1, -0.05) is 0 Å². The lowest BCUT2D eigenvalue weighted by molar-refractivity contribution is 0.0688. The van der Waals surface area contributed by atoms with Crippen molar-refractivity contribution in [1.82, 2.24) is 14.6 Å². The van der Waals surface area contributed by atoms with Gasteiger partial charge in [0.2, 0.25) is 0 Å². The van der Waals surface area contributed by atoms with Crippen LogP contribution in [0.15, 0.2) is 36.7 Å². The number of nitrogens with zero attached hydrogens (tertiary/aromatic N) is 4. The molecule has 0 spiro atoms. The van der Waals surface area contributed by atoms with Crippen LogP contribution in [0.1, 0.15) is 16.1 Å². The second kappa shape index (κ2) is 4.87. The number of carbonyl (C=O) groups is 1. The van der Waals surface area contributed by atoms with Crippen LogP contribution in [0.2, 0.25) is 0 Å². The molecule has 3 heterocycles. The minimum Gasteiger partial charge on any atom is -0.497 e. The highest BCUT2D eigenvalue weighted by atomic mass is 16.7. The van der Waals surface area contributed by atoms with Crippen molar-refractivity contribution in [2.75, 3.05) is 12.2 Å². The molecular formula is C15H12N4O4. The van der Waals surface area contributed by atoms with Gasteiger partial charge in [-0.15, -0.1) is 0 Å². The van der Waals surface area contributed by atoms with Gasteiger partial charge in [0.05, 0.1) is 13.7 Å². The molecule has 0 unspecified atom stereocenters. The summed E-state index contributed by atoms with van der Waals surface area (Å²) in [6.45, 7) is 0.500. The van der Waals surface area contributed by atoms with Crippen LogP contribution in [-0.2, 0) is 6.54 Å². The molecule has 4 rings (SSSR count). The first kappa shape index (κ1) is 13.4. The molecule has 0 radical (unpaired) electrons. The van der Waals surface area contributed by atoms with Gasteiger partial charge in [-0.25, -0.2) is 14.3 Å². The Morgan fingerprint density at radius 3 is 3.00 bits per heavy atom. The van der Waals surface area contributed by atoms with Crippen LogP contribution in [0.25, 0.3) is 5.52 Å². The molecule has 0 amide bonds. The molecule has 0 bridgehead atoms. The van der Waals surface area contributed by atoms with Gasteiger partial charge >= 0.3 is 5.97 Å². The predicted octanol–water partition coefficient (Wildman–Crippen LogP) is 1.75. The molecule has 8 nitrogen and oxygen atoms in total. The Balaban J connectivity index is 1.75. The van der Waals surface area contributed by atoms with Gasteiger partial charge < -0.3 is 14.7 Å². The van der Waals surface area contributed by atoms with Crippen LogP contribution < -0.4 is 14.6 Å². The second-order valence-corrected chi connectivity index (χ2v) is 5.01. The summed E-state index contributed by atoms with van der Waals surface area (Å²) in [4.78, 5) is 21.3. The zero-order valence-corrected chi connectivity index (χ0v) is 12.1. The topological polar surface area (TPSA) is 89.2 Å². The molecule has 116 valence electrons. The number of hydroxylamine groups is 1. The molecule has 0 saturated carbocycles. The van der Waals surface area contributed by atoms with E-state index in [9.17, 15) is 9.90 Å². The Hall–Kier alpha value is -3.29. The Bertz CT molecular complexity index is 921. The fraction of sp³-hybridized carbons (Fsp3) is 0.133. The molecule has 0 atom stereocenters. The van der Waals surface area contributed by atoms with Gasteiger partial charge in [0, 0.05) is 11.6 Å². The highest BCUT2D eigenvalue weighted by Crippen LogP contribution is 2.35. The zero-order valence-electron chi connectivity index (χ0n) is 12.1. The molecule has 1 aliphatic heterocycles. The number of aromatic carboxylic acids is 1. The number of benzene rings is 1. The summed E-state index contributed by atoms with van der Waals surface area (Å²) in [5, 5.41) is 14.8. The molecule has 2 aromatic heterocycles. The maximum Gasteiger partial charge on any atom is 0.354 e. The van der Waals surface area contributed by atoms with E-state index in [1.165, 1.54) is 16.9 Å². The normalized spacial score (nSPS) is 13.0. The van der Waals surface area contributed by atoms with Crippen molar-refractivity contribution in [1.29, 1.82) is 0 Å². The van der Waals surface area contributed by atoms with E-state index in [4.69, 9.17) is 9.57 Å². The van der Waals surface area contributed by atoms with Gasteiger partial charge in [0.1, 0.15) is 17.6 Å². The average molecular weight is 312 g/mol. The quantitative estimate of drug-likeness (QED) is 0.788. The van der Waals surface area contributed by atoms with E-state index in [-0.39, 0.29) is 5.69 Å². The van der Waals surface area contributed by atoms with E-state index in [2.05, 4.69) is 10.1 Å². The third-order valence-electron chi connectivity index (χ3n) is 3.68. The molecule has 1 aliphatic rings. The molecular weight excluding hydrogens is 300 g/mol. The van der Waals surface area contributed by atoms with E-state index in [0.29, 0.717) is 29.4 Å². The van der Waals surface area contributed by atoms with E-state index in [0.717, 1.165) is 5.56 Å². The first-order valence-electron chi connectivity index (χ1n) is 6.86. The molecule has 3 aromatic rings. The molecule has 0 aliphatic carbocycles. The summed E-state index contributed by atoms with van der Waals surface area (Å²) in [5.41, 5.74) is 1.62. The Morgan fingerprint density at radius 2 is 2.22 bits per heavy atom. The predicted molar refractivity (Wildman–Crippen MR) is 79.8 cm³/mol. The van der Waals surface area contributed by atoms with Crippen molar-refractivity contribution in [3.05, 3.63) is 47.9 Å². The van der Waals surface area contributed by atoms with Crippen LogP contribution in [0.4, 0.5) is 5.82 Å². The number of fused-ring (bicyclic) bond motifs is 2. The van der Waals surface area contributed by atoms with Crippen molar-refractivity contribution in [2.45, 2.75) is 6.54 Å². The number of anilines is 1. The fourth-order valence-electron chi connectivity index (χ4n) is 2.58. The van der Waals surface area contributed by atoms with E-state index in [1.54, 1.807) is 24.3 Å². The lowest BCUT2D eigenvalue weighted by Crippen LogP contribution is -2.22. The maximum atomic E-state index is 11.2. The minimum atomic E-state index is -1.05. The molecule has 1 N–H and O–H groups in total. The monoisotopic (exact) mass is 312 g/mol. The third kappa shape index (κ3) is 2.03. The summed E-state index contributed by atoms with van der Waals surface area (Å²) in [5.74, 6) is 0.841. The molecule has 0 fully saturated rings. The smallest absolute Gasteiger partial charge is 0.354 e.